The molecule has 1 aromatic carbocycles. The quantitative estimate of drug-likeness (QED) is 0.785. The number of aromatic nitrogens is 1. The Balaban J connectivity index is 2.20. The van der Waals surface area contributed by atoms with Crippen molar-refractivity contribution in [2.24, 2.45) is 0 Å². The number of carbonyl (C=O) groups excluding carboxylic acids is 1. The lowest BCUT2D eigenvalue weighted by Gasteiger charge is -2.16. The average Bonchev–Trinajstić information content (AvgIpc) is 3.33. The molecule has 0 bridgehead atoms. The fraction of sp³-hybridized carbons (Fsp3) is 0.294. The van der Waals surface area contributed by atoms with Gasteiger partial charge in [0.2, 0.25) is 0 Å². The summed E-state index contributed by atoms with van der Waals surface area (Å²) in [6, 6.07) is 5.77. The third kappa shape index (κ3) is 3.06. The van der Waals surface area contributed by atoms with E-state index in [0.29, 0.717) is 17.0 Å². The molecule has 0 spiro atoms. The molecule has 0 radical (unpaired) electrons. The second kappa shape index (κ2) is 5.89. The van der Waals surface area contributed by atoms with Crippen molar-refractivity contribution in [3.8, 4) is 11.1 Å². The second-order valence-corrected chi connectivity index (χ2v) is 6.25. The minimum atomic E-state index is -1.15. The van der Waals surface area contributed by atoms with Crippen molar-refractivity contribution in [2.45, 2.75) is 18.8 Å². The number of amides is 1. The van der Waals surface area contributed by atoms with E-state index >= 15 is 0 Å². The molecule has 120 valence electrons. The molecule has 0 N–H and O–H groups in total. The topological polar surface area (TPSA) is 33.2 Å². The molecule has 1 amide bonds. The van der Waals surface area contributed by atoms with E-state index in [1.807, 2.05) is 0 Å². The predicted octanol–water partition coefficient (Wildman–Crippen LogP) is 4.26. The van der Waals surface area contributed by atoms with Crippen LogP contribution in [0.25, 0.3) is 11.1 Å². The fourth-order valence-electron chi connectivity index (χ4n) is 2.48. The Morgan fingerprint density at radius 2 is 1.96 bits per heavy atom. The zero-order chi connectivity index (χ0) is 16.7. The van der Waals surface area contributed by atoms with Crippen molar-refractivity contribution in [1.29, 1.82) is 0 Å². The van der Waals surface area contributed by atoms with Gasteiger partial charge >= 0.3 is 0 Å². The molecule has 2 aromatic rings. The van der Waals surface area contributed by atoms with Gasteiger partial charge in [0.15, 0.2) is 11.6 Å². The van der Waals surface area contributed by atoms with Crippen LogP contribution in [0.4, 0.5) is 8.78 Å². The monoisotopic (exact) mass is 336 g/mol. The third-order valence-electron chi connectivity index (χ3n) is 3.84. The van der Waals surface area contributed by atoms with Crippen molar-refractivity contribution in [3.63, 3.8) is 0 Å². The Labute approximate surface area is 137 Å². The maximum Gasteiger partial charge on any atom is 0.257 e. The summed E-state index contributed by atoms with van der Waals surface area (Å²) >= 11 is 6.06. The van der Waals surface area contributed by atoms with Crippen LogP contribution in [0.15, 0.2) is 24.3 Å². The summed E-state index contributed by atoms with van der Waals surface area (Å²) in [5.41, 5.74) is 1.41. The second-order valence-electron chi connectivity index (χ2n) is 5.86. The maximum absolute atomic E-state index is 14.3. The fourth-order valence-corrected chi connectivity index (χ4v) is 2.70. The van der Waals surface area contributed by atoms with E-state index in [-0.39, 0.29) is 10.7 Å². The number of hydrogen-bond donors (Lipinski definition) is 0. The van der Waals surface area contributed by atoms with Crippen molar-refractivity contribution in [3.05, 3.63) is 52.3 Å². The summed E-state index contributed by atoms with van der Waals surface area (Å²) in [5.74, 6) is -2.45. The van der Waals surface area contributed by atoms with Crippen LogP contribution >= 0.6 is 11.6 Å². The van der Waals surface area contributed by atoms with Crippen LogP contribution in [-0.4, -0.2) is 29.9 Å². The Hall–Kier alpha value is -2.01. The van der Waals surface area contributed by atoms with Crippen LogP contribution in [-0.2, 0) is 0 Å². The highest BCUT2D eigenvalue weighted by molar-refractivity contribution is 6.29. The van der Waals surface area contributed by atoms with Gasteiger partial charge < -0.3 is 4.90 Å². The summed E-state index contributed by atoms with van der Waals surface area (Å²) in [5, 5.41) is 0.275. The van der Waals surface area contributed by atoms with Crippen molar-refractivity contribution < 1.29 is 13.6 Å². The molecular weight excluding hydrogens is 322 g/mol. The molecule has 1 aliphatic rings. The largest absolute Gasteiger partial charge is 0.345 e. The van der Waals surface area contributed by atoms with Crippen LogP contribution < -0.4 is 0 Å². The van der Waals surface area contributed by atoms with E-state index in [1.54, 1.807) is 12.1 Å². The first-order valence-electron chi connectivity index (χ1n) is 7.26. The lowest BCUT2D eigenvalue weighted by molar-refractivity contribution is 0.0822. The van der Waals surface area contributed by atoms with Crippen molar-refractivity contribution in [2.75, 3.05) is 14.1 Å². The normalized spacial score (nSPS) is 14.0. The summed E-state index contributed by atoms with van der Waals surface area (Å²) in [6.45, 7) is 0. The van der Waals surface area contributed by atoms with E-state index in [2.05, 4.69) is 4.98 Å². The number of hydrogen-bond acceptors (Lipinski definition) is 2. The highest BCUT2D eigenvalue weighted by Gasteiger charge is 2.27. The van der Waals surface area contributed by atoms with Crippen LogP contribution in [0.1, 0.15) is 34.8 Å². The Morgan fingerprint density at radius 3 is 2.57 bits per heavy atom. The standard InChI is InChI=1S/C17H15ClF2N2O/c1-22(2)17(23)15-11(5-6-12(19)16(15)20)10-7-13(9-3-4-9)21-14(18)8-10/h5-9H,3-4H2,1-2H3. The minimum absolute atomic E-state index is 0.275. The van der Waals surface area contributed by atoms with Gasteiger partial charge in [-0.15, -0.1) is 0 Å². The molecule has 1 saturated carbocycles. The lowest BCUT2D eigenvalue weighted by atomic mass is 9.97. The zero-order valence-corrected chi connectivity index (χ0v) is 13.5. The van der Waals surface area contributed by atoms with Gasteiger partial charge in [-0.25, -0.2) is 13.8 Å². The van der Waals surface area contributed by atoms with Gasteiger partial charge in [0.25, 0.3) is 5.91 Å². The van der Waals surface area contributed by atoms with Crippen molar-refractivity contribution in [1.82, 2.24) is 9.88 Å². The molecule has 1 heterocycles. The van der Waals surface area contributed by atoms with Crippen LogP contribution in [0, 0.1) is 11.6 Å². The van der Waals surface area contributed by atoms with Gasteiger partial charge in [-0.2, -0.15) is 0 Å². The molecule has 23 heavy (non-hydrogen) atoms. The first-order chi connectivity index (χ1) is 10.9. The molecule has 6 heteroatoms. The minimum Gasteiger partial charge on any atom is -0.345 e. The number of benzene rings is 1. The first kappa shape index (κ1) is 15.9. The molecule has 1 fully saturated rings. The van der Waals surface area contributed by atoms with E-state index in [4.69, 9.17) is 11.6 Å². The SMILES string of the molecule is CN(C)C(=O)c1c(-c2cc(Cl)nc(C3CC3)c2)ccc(F)c1F. The van der Waals surface area contributed by atoms with Gasteiger partial charge in [-0.05, 0) is 42.2 Å². The van der Waals surface area contributed by atoms with Crippen molar-refractivity contribution >= 4 is 17.5 Å². The highest BCUT2D eigenvalue weighted by Crippen LogP contribution is 2.41. The molecule has 1 aliphatic carbocycles. The molecule has 0 aliphatic heterocycles. The number of carbonyl (C=O) groups is 1. The number of halogens is 3. The van der Waals surface area contributed by atoms with Gasteiger partial charge in [0, 0.05) is 25.7 Å². The maximum atomic E-state index is 14.3. The number of rotatable bonds is 3. The third-order valence-corrected chi connectivity index (χ3v) is 4.03. The van der Waals surface area contributed by atoms with Gasteiger partial charge in [-0.1, -0.05) is 17.7 Å². The smallest absolute Gasteiger partial charge is 0.257 e. The molecular formula is C17H15ClF2N2O. The van der Waals surface area contributed by atoms with Gasteiger partial charge in [-0.3, -0.25) is 4.79 Å². The van der Waals surface area contributed by atoms with Gasteiger partial charge in [0.05, 0.1) is 5.56 Å². The summed E-state index contributed by atoms with van der Waals surface area (Å²) in [6.07, 6.45) is 2.07. The van der Waals surface area contributed by atoms with Gasteiger partial charge in [0.1, 0.15) is 5.15 Å². The molecule has 1 aromatic heterocycles. The number of nitrogens with zero attached hydrogens (tertiary/aromatic N) is 2. The average molecular weight is 337 g/mol. The first-order valence-corrected chi connectivity index (χ1v) is 7.63. The lowest BCUT2D eigenvalue weighted by Crippen LogP contribution is -2.24. The van der Waals surface area contributed by atoms with Crippen LogP contribution in [0.2, 0.25) is 5.15 Å². The molecule has 0 atom stereocenters. The highest BCUT2D eigenvalue weighted by atomic mass is 35.5. The molecule has 3 nitrogen and oxygen atoms in total. The molecule has 0 unspecified atom stereocenters. The molecule has 0 saturated heterocycles. The Bertz CT molecular complexity index is 788. The number of pyridine rings is 1. The van der Waals surface area contributed by atoms with E-state index in [9.17, 15) is 13.6 Å². The summed E-state index contributed by atoms with van der Waals surface area (Å²) in [7, 11) is 2.98. The molecule has 3 rings (SSSR count). The predicted molar refractivity (Wildman–Crippen MR) is 84.6 cm³/mol. The summed E-state index contributed by atoms with van der Waals surface area (Å²) < 4.78 is 27.9. The van der Waals surface area contributed by atoms with E-state index in [0.717, 1.165) is 24.6 Å². The van der Waals surface area contributed by atoms with Crippen LogP contribution in [0.5, 0.6) is 0 Å². The zero-order valence-electron chi connectivity index (χ0n) is 12.7. The Morgan fingerprint density at radius 1 is 1.26 bits per heavy atom. The Kier molecular flexibility index (Phi) is 4.06. The summed E-state index contributed by atoms with van der Waals surface area (Å²) in [4.78, 5) is 17.8. The van der Waals surface area contributed by atoms with E-state index in [1.165, 1.54) is 25.1 Å². The van der Waals surface area contributed by atoms with E-state index < -0.39 is 17.5 Å². The van der Waals surface area contributed by atoms with Crippen LogP contribution in [0.3, 0.4) is 0 Å².